The molecule has 0 unspecified atom stereocenters. The van der Waals surface area contributed by atoms with Crippen LogP contribution in [-0.4, -0.2) is 29.8 Å². The van der Waals surface area contributed by atoms with Gasteiger partial charge in [0.15, 0.2) is 5.78 Å². The standard InChI is InChI=1S/C14H27NO.H2S/c1-11(2)12(13(16)14(3,4)5)15-9-7-6-8-10-15;/h11-12H,6-10H2,1-5H3;1H2/t12-;/m0./s1. The molecule has 17 heavy (non-hydrogen) atoms. The fourth-order valence-electron chi connectivity index (χ4n) is 2.53. The van der Waals surface area contributed by atoms with E-state index in [0.29, 0.717) is 11.7 Å². The minimum absolute atomic E-state index is 0. The first-order chi connectivity index (χ1) is 7.34. The molecule has 1 fully saturated rings. The molecule has 3 heteroatoms. The largest absolute Gasteiger partial charge is 0.297 e. The third-order valence-corrected chi connectivity index (χ3v) is 3.42. The van der Waals surface area contributed by atoms with Crippen LogP contribution in [0.15, 0.2) is 0 Å². The van der Waals surface area contributed by atoms with Crippen LogP contribution < -0.4 is 0 Å². The van der Waals surface area contributed by atoms with E-state index in [2.05, 4.69) is 18.7 Å². The van der Waals surface area contributed by atoms with Gasteiger partial charge in [-0.3, -0.25) is 9.69 Å². The first-order valence-corrected chi connectivity index (χ1v) is 6.62. The Morgan fingerprint density at radius 1 is 1.06 bits per heavy atom. The van der Waals surface area contributed by atoms with Crippen molar-refractivity contribution >= 4 is 19.3 Å². The van der Waals surface area contributed by atoms with Crippen LogP contribution in [0.4, 0.5) is 0 Å². The number of carbonyl (C=O) groups is 1. The molecule has 1 saturated heterocycles. The van der Waals surface area contributed by atoms with Crippen molar-refractivity contribution in [2.24, 2.45) is 11.3 Å². The number of piperidine rings is 1. The van der Waals surface area contributed by atoms with E-state index in [1.54, 1.807) is 0 Å². The summed E-state index contributed by atoms with van der Waals surface area (Å²) in [4.78, 5) is 14.9. The highest BCUT2D eigenvalue weighted by molar-refractivity contribution is 7.59. The quantitative estimate of drug-likeness (QED) is 0.775. The Hall–Kier alpha value is -0.0200. The van der Waals surface area contributed by atoms with E-state index < -0.39 is 0 Å². The molecule has 102 valence electrons. The van der Waals surface area contributed by atoms with Gasteiger partial charge in [-0.15, -0.1) is 0 Å². The van der Waals surface area contributed by atoms with Gasteiger partial charge in [0.25, 0.3) is 0 Å². The fourth-order valence-corrected chi connectivity index (χ4v) is 2.53. The summed E-state index contributed by atoms with van der Waals surface area (Å²) in [5.41, 5.74) is -0.216. The minimum atomic E-state index is -0.216. The maximum absolute atomic E-state index is 12.5. The Bertz CT molecular complexity index is 239. The number of carbonyl (C=O) groups excluding carboxylic acids is 1. The number of ketones is 1. The Morgan fingerprint density at radius 2 is 1.53 bits per heavy atom. The molecule has 1 aliphatic rings. The van der Waals surface area contributed by atoms with Crippen LogP contribution in [0.5, 0.6) is 0 Å². The van der Waals surface area contributed by atoms with E-state index in [1.807, 2.05) is 20.8 Å². The Morgan fingerprint density at radius 3 is 1.88 bits per heavy atom. The van der Waals surface area contributed by atoms with Gasteiger partial charge in [-0.05, 0) is 31.8 Å². The summed E-state index contributed by atoms with van der Waals surface area (Å²) in [5.74, 6) is 0.828. The van der Waals surface area contributed by atoms with Crippen LogP contribution in [-0.2, 0) is 4.79 Å². The van der Waals surface area contributed by atoms with Crippen LogP contribution in [0.2, 0.25) is 0 Å². The maximum Gasteiger partial charge on any atom is 0.155 e. The first kappa shape index (κ1) is 17.0. The molecule has 0 radical (unpaired) electrons. The van der Waals surface area contributed by atoms with Crippen molar-refractivity contribution in [2.75, 3.05) is 13.1 Å². The molecular weight excluding hydrogens is 230 g/mol. The molecule has 1 rings (SSSR count). The average Bonchev–Trinajstić information content (AvgIpc) is 2.17. The van der Waals surface area contributed by atoms with Gasteiger partial charge in [0.05, 0.1) is 6.04 Å². The van der Waals surface area contributed by atoms with Crippen molar-refractivity contribution in [3.8, 4) is 0 Å². The molecule has 0 aliphatic carbocycles. The van der Waals surface area contributed by atoms with E-state index in [4.69, 9.17) is 0 Å². The monoisotopic (exact) mass is 259 g/mol. The smallest absolute Gasteiger partial charge is 0.155 e. The molecule has 0 N–H and O–H groups in total. The lowest BCUT2D eigenvalue weighted by Crippen LogP contribution is -2.50. The van der Waals surface area contributed by atoms with Crippen LogP contribution in [0.25, 0.3) is 0 Å². The van der Waals surface area contributed by atoms with E-state index >= 15 is 0 Å². The first-order valence-electron chi connectivity index (χ1n) is 6.62. The number of hydrogen-bond acceptors (Lipinski definition) is 2. The van der Waals surface area contributed by atoms with Crippen LogP contribution >= 0.6 is 13.5 Å². The zero-order valence-electron chi connectivity index (χ0n) is 12.0. The Kier molecular flexibility index (Phi) is 6.78. The second kappa shape index (κ2) is 6.79. The molecule has 0 bridgehead atoms. The maximum atomic E-state index is 12.5. The van der Waals surface area contributed by atoms with Gasteiger partial charge in [0.2, 0.25) is 0 Å². The summed E-state index contributed by atoms with van der Waals surface area (Å²) >= 11 is 0. The van der Waals surface area contributed by atoms with Crippen molar-refractivity contribution < 1.29 is 4.79 Å². The third-order valence-electron chi connectivity index (χ3n) is 3.42. The zero-order chi connectivity index (χ0) is 12.3. The summed E-state index contributed by atoms with van der Waals surface area (Å²) in [6, 6.07) is 0.125. The molecular formula is C14H29NOS. The summed E-state index contributed by atoms with van der Waals surface area (Å²) in [7, 11) is 0. The van der Waals surface area contributed by atoms with Gasteiger partial charge in [-0.1, -0.05) is 41.0 Å². The predicted molar refractivity (Wildman–Crippen MR) is 78.9 cm³/mol. The highest BCUT2D eigenvalue weighted by atomic mass is 32.1. The lowest BCUT2D eigenvalue weighted by atomic mass is 9.81. The normalized spacial score (nSPS) is 19.9. The molecule has 1 heterocycles. The van der Waals surface area contributed by atoms with Gasteiger partial charge < -0.3 is 0 Å². The van der Waals surface area contributed by atoms with Gasteiger partial charge in [-0.25, -0.2) is 0 Å². The molecule has 0 aromatic rings. The Balaban J connectivity index is 0.00000256. The minimum Gasteiger partial charge on any atom is -0.297 e. The van der Waals surface area contributed by atoms with Crippen LogP contribution in [0, 0.1) is 11.3 Å². The number of hydrogen-bond donors (Lipinski definition) is 0. The topological polar surface area (TPSA) is 20.3 Å². The van der Waals surface area contributed by atoms with E-state index in [0.717, 1.165) is 13.1 Å². The molecule has 0 saturated carbocycles. The summed E-state index contributed by atoms with van der Waals surface area (Å²) in [6.07, 6.45) is 3.83. The summed E-state index contributed by atoms with van der Waals surface area (Å²) in [5, 5.41) is 0. The summed E-state index contributed by atoms with van der Waals surface area (Å²) in [6.45, 7) is 12.7. The number of nitrogens with zero attached hydrogens (tertiary/aromatic N) is 1. The highest BCUT2D eigenvalue weighted by Gasteiger charge is 2.35. The lowest BCUT2D eigenvalue weighted by Gasteiger charge is -2.38. The van der Waals surface area contributed by atoms with E-state index in [1.165, 1.54) is 19.3 Å². The molecule has 0 spiro atoms. The summed E-state index contributed by atoms with van der Waals surface area (Å²) < 4.78 is 0. The van der Waals surface area contributed by atoms with Crippen molar-refractivity contribution in [3.63, 3.8) is 0 Å². The highest BCUT2D eigenvalue weighted by Crippen LogP contribution is 2.26. The predicted octanol–water partition coefficient (Wildman–Crippen LogP) is 3.22. The van der Waals surface area contributed by atoms with Crippen LogP contribution in [0.3, 0.4) is 0 Å². The van der Waals surface area contributed by atoms with Crippen molar-refractivity contribution in [2.45, 2.75) is 59.9 Å². The molecule has 1 aliphatic heterocycles. The second-order valence-electron chi connectivity index (χ2n) is 6.40. The number of rotatable bonds is 3. The van der Waals surface area contributed by atoms with Crippen molar-refractivity contribution in [1.29, 1.82) is 0 Å². The molecule has 0 amide bonds. The fraction of sp³-hybridized carbons (Fsp3) is 0.929. The zero-order valence-corrected chi connectivity index (χ0v) is 13.0. The van der Waals surface area contributed by atoms with E-state index in [-0.39, 0.29) is 25.0 Å². The van der Waals surface area contributed by atoms with E-state index in [9.17, 15) is 4.79 Å². The van der Waals surface area contributed by atoms with Crippen molar-refractivity contribution in [3.05, 3.63) is 0 Å². The van der Waals surface area contributed by atoms with Gasteiger partial charge >= 0.3 is 0 Å². The molecule has 0 aromatic heterocycles. The lowest BCUT2D eigenvalue weighted by molar-refractivity contribution is -0.134. The second-order valence-corrected chi connectivity index (χ2v) is 6.40. The van der Waals surface area contributed by atoms with Gasteiger partial charge in [0.1, 0.15) is 0 Å². The SMILES string of the molecule is CC(C)[C@@H](C(=O)C(C)(C)C)N1CCCCC1.S. The molecule has 2 nitrogen and oxygen atoms in total. The van der Waals surface area contributed by atoms with Gasteiger partial charge in [-0.2, -0.15) is 13.5 Å². The number of Topliss-reactive ketones (excluding diaryl/α,β-unsaturated/α-hetero) is 1. The van der Waals surface area contributed by atoms with Crippen LogP contribution in [0.1, 0.15) is 53.9 Å². The van der Waals surface area contributed by atoms with Crippen molar-refractivity contribution in [1.82, 2.24) is 4.90 Å². The Labute approximate surface area is 114 Å². The molecule has 0 aromatic carbocycles. The third kappa shape index (κ3) is 4.63. The molecule has 1 atom stereocenters. The van der Waals surface area contributed by atoms with Gasteiger partial charge in [0, 0.05) is 5.41 Å². The number of likely N-dealkylation sites (tertiary alicyclic amines) is 1. The average molecular weight is 259 g/mol.